The van der Waals surface area contributed by atoms with Gasteiger partial charge >= 0.3 is 0 Å². The number of rotatable bonds is 4. The van der Waals surface area contributed by atoms with Gasteiger partial charge in [0.15, 0.2) is 5.17 Å². The summed E-state index contributed by atoms with van der Waals surface area (Å²) >= 11 is 4.64. The van der Waals surface area contributed by atoms with Crippen molar-refractivity contribution in [3.05, 3.63) is 46.2 Å². The lowest BCUT2D eigenvalue weighted by atomic mass is 9.85. The summed E-state index contributed by atoms with van der Waals surface area (Å²) < 4.78 is 34.3. The van der Waals surface area contributed by atoms with Gasteiger partial charge in [0.1, 0.15) is 18.0 Å². The van der Waals surface area contributed by atoms with E-state index < -0.39 is 22.8 Å². The number of halogens is 3. The third-order valence-electron chi connectivity index (χ3n) is 5.56. The molecule has 0 spiro atoms. The van der Waals surface area contributed by atoms with Crippen molar-refractivity contribution in [2.24, 2.45) is 16.6 Å². The van der Waals surface area contributed by atoms with Crippen LogP contribution in [0.15, 0.2) is 39.8 Å². The molecule has 1 amide bonds. The van der Waals surface area contributed by atoms with Gasteiger partial charge in [-0.05, 0) is 24.6 Å². The van der Waals surface area contributed by atoms with Crippen LogP contribution >= 0.6 is 27.7 Å². The first-order valence-electron chi connectivity index (χ1n) is 9.02. The van der Waals surface area contributed by atoms with Gasteiger partial charge in [-0.15, -0.1) is 0 Å². The summed E-state index contributed by atoms with van der Waals surface area (Å²) in [4.78, 5) is 18.5. The van der Waals surface area contributed by atoms with Gasteiger partial charge < -0.3 is 15.4 Å². The predicted octanol–water partition coefficient (Wildman–Crippen LogP) is 2.99. The number of amides is 1. The van der Waals surface area contributed by atoms with Crippen molar-refractivity contribution in [1.82, 2.24) is 4.90 Å². The molecule has 28 heavy (non-hydrogen) atoms. The number of benzene rings is 1. The molecule has 0 aromatic heterocycles. The van der Waals surface area contributed by atoms with E-state index in [0.29, 0.717) is 37.2 Å². The van der Waals surface area contributed by atoms with Crippen molar-refractivity contribution in [2.45, 2.75) is 16.7 Å². The normalized spacial score (nSPS) is 32.2. The van der Waals surface area contributed by atoms with E-state index >= 15 is 0 Å². The summed E-state index contributed by atoms with van der Waals surface area (Å²) in [6.45, 7) is 1.28. The van der Waals surface area contributed by atoms with Crippen LogP contribution in [0.2, 0.25) is 0 Å². The second kappa shape index (κ2) is 7.42. The van der Waals surface area contributed by atoms with Gasteiger partial charge in [0.25, 0.3) is 0 Å². The molecule has 3 aliphatic rings. The van der Waals surface area contributed by atoms with Crippen molar-refractivity contribution in [2.75, 3.05) is 33.0 Å². The molecular weight excluding hydrogens is 452 g/mol. The Morgan fingerprint density at radius 2 is 2.21 bits per heavy atom. The minimum atomic E-state index is -1.38. The molecule has 0 radical (unpaired) electrons. The number of carbonyl (C=O) groups is 1. The zero-order valence-electron chi connectivity index (χ0n) is 15.0. The fourth-order valence-electron chi connectivity index (χ4n) is 4.03. The third kappa shape index (κ3) is 3.37. The number of thioether (sulfide) groups is 1. The molecule has 1 aromatic rings. The highest BCUT2D eigenvalue weighted by atomic mass is 79.9. The van der Waals surface area contributed by atoms with Crippen LogP contribution < -0.4 is 5.73 Å². The molecule has 1 saturated heterocycles. The Hall–Kier alpha value is -1.45. The molecule has 150 valence electrons. The maximum atomic E-state index is 14.6. The number of ether oxygens (including phenoxy) is 1. The van der Waals surface area contributed by atoms with Gasteiger partial charge in [-0.25, -0.2) is 13.8 Å². The standard InChI is InChI=1S/C19H20BrF2N3O2S/c20-12-1-2-14(22)13(9-12)19(11-21)15-10-18(15,28-17(23)24-19)4-3-16(26)25-5-7-27-8-6-25/h1-4,9,15H,5-8,10-11H2,(H2,23,24)/b4-3+/t15-,18-,19-/m0/s1. The highest BCUT2D eigenvalue weighted by molar-refractivity contribution is 9.10. The van der Waals surface area contributed by atoms with Crippen LogP contribution in [0.3, 0.4) is 0 Å². The molecule has 1 aromatic carbocycles. The summed E-state index contributed by atoms with van der Waals surface area (Å²) in [7, 11) is 0. The number of morpholine rings is 1. The minimum absolute atomic E-state index is 0.107. The summed E-state index contributed by atoms with van der Waals surface area (Å²) in [5.74, 6) is -0.900. The maximum absolute atomic E-state index is 14.6. The summed E-state index contributed by atoms with van der Waals surface area (Å²) in [6.07, 6.45) is 3.89. The lowest BCUT2D eigenvalue weighted by Crippen LogP contribution is -2.41. The van der Waals surface area contributed by atoms with Crippen molar-refractivity contribution in [3.63, 3.8) is 0 Å². The van der Waals surface area contributed by atoms with Gasteiger partial charge in [-0.1, -0.05) is 33.8 Å². The number of hydrogen-bond acceptors (Lipinski definition) is 5. The van der Waals surface area contributed by atoms with Crippen LogP contribution in [0.25, 0.3) is 0 Å². The predicted molar refractivity (Wildman–Crippen MR) is 108 cm³/mol. The van der Waals surface area contributed by atoms with Gasteiger partial charge in [-0.3, -0.25) is 4.79 Å². The second-order valence-corrected chi connectivity index (χ2v) is 9.51. The first kappa shape index (κ1) is 19.8. The molecule has 2 fully saturated rings. The van der Waals surface area contributed by atoms with E-state index in [1.54, 1.807) is 23.1 Å². The fourth-order valence-corrected chi connectivity index (χ4v) is 5.71. The van der Waals surface area contributed by atoms with E-state index in [-0.39, 0.29) is 22.6 Å². The highest BCUT2D eigenvalue weighted by Gasteiger charge is 2.67. The zero-order chi connectivity index (χ0) is 19.9. The second-order valence-electron chi connectivity index (χ2n) is 7.22. The zero-order valence-corrected chi connectivity index (χ0v) is 17.4. The molecule has 2 aliphatic heterocycles. The number of nitrogens with zero attached hydrogens (tertiary/aromatic N) is 2. The van der Waals surface area contributed by atoms with E-state index in [0.717, 1.165) is 0 Å². The number of carbonyl (C=O) groups excluding carboxylic acids is 1. The number of aliphatic imine (C=N–C) groups is 1. The average Bonchev–Trinajstić information content (AvgIpc) is 3.43. The molecule has 5 nitrogen and oxygen atoms in total. The molecule has 1 aliphatic carbocycles. The van der Waals surface area contributed by atoms with Gasteiger partial charge in [0.2, 0.25) is 5.91 Å². The van der Waals surface area contributed by atoms with Crippen LogP contribution in [0, 0.1) is 11.7 Å². The first-order chi connectivity index (χ1) is 13.4. The minimum Gasteiger partial charge on any atom is -0.378 e. The Labute approximate surface area is 174 Å². The largest absolute Gasteiger partial charge is 0.378 e. The molecule has 4 rings (SSSR count). The summed E-state index contributed by atoms with van der Waals surface area (Å²) in [5.41, 5.74) is 4.84. The monoisotopic (exact) mass is 471 g/mol. The first-order valence-corrected chi connectivity index (χ1v) is 10.6. The fraction of sp³-hybridized carbons (Fsp3) is 0.474. The molecule has 0 bridgehead atoms. The smallest absolute Gasteiger partial charge is 0.246 e. The van der Waals surface area contributed by atoms with E-state index in [1.165, 1.54) is 23.9 Å². The van der Waals surface area contributed by atoms with Gasteiger partial charge in [0, 0.05) is 39.9 Å². The van der Waals surface area contributed by atoms with Crippen molar-refractivity contribution < 1.29 is 18.3 Å². The Kier molecular flexibility index (Phi) is 5.26. The van der Waals surface area contributed by atoms with E-state index in [1.807, 2.05) is 0 Å². The molecule has 9 heteroatoms. The van der Waals surface area contributed by atoms with E-state index in [4.69, 9.17) is 10.5 Å². The quantitative estimate of drug-likeness (QED) is 0.685. The molecule has 0 unspecified atom stereocenters. The molecular formula is C19H20BrF2N3O2S. The average molecular weight is 472 g/mol. The van der Waals surface area contributed by atoms with Crippen molar-refractivity contribution >= 4 is 38.8 Å². The van der Waals surface area contributed by atoms with Gasteiger partial charge in [-0.2, -0.15) is 0 Å². The number of fused-ring (bicyclic) bond motifs is 1. The summed E-state index contributed by atoms with van der Waals surface area (Å²) in [5, 5.41) is 0.203. The number of nitrogens with two attached hydrogens (primary N) is 1. The Morgan fingerprint density at radius 3 is 2.93 bits per heavy atom. The topological polar surface area (TPSA) is 67.9 Å². The molecule has 2 heterocycles. The Balaban J connectivity index is 1.64. The van der Waals surface area contributed by atoms with Gasteiger partial charge in [0.05, 0.1) is 13.2 Å². The Morgan fingerprint density at radius 1 is 1.46 bits per heavy atom. The molecule has 1 saturated carbocycles. The Bertz CT molecular complexity index is 862. The van der Waals surface area contributed by atoms with Crippen molar-refractivity contribution in [3.8, 4) is 0 Å². The third-order valence-corrected chi connectivity index (χ3v) is 7.32. The summed E-state index contributed by atoms with van der Waals surface area (Å²) in [6, 6.07) is 4.43. The SMILES string of the molecule is NC1=N[C@@](CF)(c2cc(Br)ccc2F)[C@H]2C[C@]2(/C=C/C(=O)N2CCOCC2)S1. The van der Waals surface area contributed by atoms with E-state index in [2.05, 4.69) is 20.9 Å². The number of alkyl halides is 1. The number of amidine groups is 1. The lowest BCUT2D eigenvalue weighted by molar-refractivity contribution is -0.130. The van der Waals surface area contributed by atoms with Crippen molar-refractivity contribution in [1.29, 1.82) is 0 Å². The van der Waals surface area contributed by atoms with Crippen LogP contribution in [0.5, 0.6) is 0 Å². The number of hydrogen-bond donors (Lipinski definition) is 1. The lowest BCUT2D eigenvalue weighted by Gasteiger charge is -2.34. The van der Waals surface area contributed by atoms with Crippen LogP contribution in [-0.4, -0.2) is 53.7 Å². The van der Waals surface area contributed by atoms with Crippen LogP contribution in [0.1, 0.15) is 12.0 Å². The maximum Gasteiger partial charge on any atom is 0.246 e. The van der Waals surface area contributed by atoms with Crippen LogP contribution in [0.4, 0.5) is 8.78 Å². The van der Waals surface area contributed by atoms with Crippen LogP contribution in [-0.2, 0) is 15.1 Å². The molecule has 3 atom stereocenters. The highest BCUT2D eigenvalue weighted by Crippen LogP contribution is 2.66. The van der Waals surface area contributed by atoms with E-state index in [9.17, 15) is 13.6 Å². The molecule has 2 N–H and O–H groups in total.